The number of aliphatic hydroxyl groups excluding tert-OH is 1. The average molecular weight is 244 g/mol. The van der Waals surface area contributed by atoms with Crippen molar-refractivity contribution >= 4 is 0 Å². The first-order valence-electron chi connectivity index (χ1n) is 5.72. The molecule has 1 aromatic carbocycles. The van der Waals surface area contributed by atoms with Gasteiger partial charge in [0.1, 0.15) is 18.2 Å². The maximum atomic E-state index is 10.3. The largest absolute Gasteiger partial charge is 0.496 e. The summed E-state index contributed by atoms with van der Waals surface area (Å²) in [6, 6.07) is 5.57. The number of hydrogen-bond donors (Lipinski definition) is 1. The summed E-state index contributed by atoms with van der Waals surface area (Å²) in [4.78, 5) is 7.92. The highest BCUT2D eigenvalue weighted by Gasteiger charge is 2.15. The van der Waals surface area contributed by atoms with Crippen molar-refractivity contribution in [3.05, 3.63) is 53.1 Å². The van der Waals surface area contributed by atoms with Gasteiger partial charge in [0, 0.05) is 6.20 Å². The average Bonchev–Trinajstić information content (AvgIpc) is 2.41. The smallest absolute Gasteiger partial charge is 0.122 e. The zero-order chi connectivity index (χ0) is 13.1. The molecule has 0 saturated carbocycles. The predicted octanol–water partition coefficient (Wildman–Crippen LogP) is 2.18. The number of ether oxygens (including phenoxy) is 1. The molecule has 4 heteroatoms. The highest BCUT2D eigenvalue weighted by Crippen LogP contribution is 2.29. The normalized spacial score (nSPS) is 12.2. The van der Waals surface area contributed by atoms with Gasteiger partial charge in [-0.2, -0.15) is 0 Å². The van der Waals surface area contributed by atoms with E-state index in [1.165, 1.54) is 6.33 Å². The molecular formula is C14H16N2O2. The number of aromatic nitrogens is 2. The maximum Gasteiger partial charge on any atom is 0.122 e. The summed E-state index contributed by atoms with van der Waals surface area (Å²) in [5.74, 6) is 0.825. The Bertz CT molecular complexity index is 541. The zero-order valence-electron chi connectivity index (χ0n) is 10.7. The van der Waals surface area contributed by atoms with Gasteiger partial charge in [0.25, 0.3) is 0 Å². The summed E-state index contributed by atoms with van der Waals surface area (Å²) >= 11 is 0. The number of aryl methyl sites for hydroxylation is 2. The molecule has 1 N–H and O–H groups in total. The van der Waals surface area contributed by atoms with Crippen LogP contribution in [0.5, 0.6) is 5.75 Å². The highest BCUT2D eigenvalue weighted by molar-refractivity contribution is 5.44. The van der Waals surface area contributed by atoms with Crippen LogP contribution in [0.1, 0.15) is 28.5 Å². The molecule has 0 spiro atoms. The molecule has 2 aromatic rings. The lowest BCUT2D eigenvalue weighted by atomic mass is 9.98. The summed E-state index contributed by atoms with van der Waals surface area (Å²) in [6.07, 6.45) is 2.32. The molecule has 0 fully saturated rings. The molecule has 1 heterocycles. The van der Waals surface area contributed by atoms with Gasteiger partial charge in [-0.1, -0.05) is 0 Å². The van der Waals surface area contributed by atoms with E-state index < -0.39 is 6.10 Å². The number of hydrogen-bond acceptors (Lipinski definition) is 4. The fraction of sp³-hybridized carbons (Fsp3) is 0.286. The minimum Gasteiger partial charge on any atom is -0.496 e. The molecular weight excluding hydrogens is 228 g/mol. The van der Waals surface area contributed by atoms with E-state index in [9.17, 15) is 5.11 Å². The van der Waals surface area contributed by atoms with E-state index in [0.717, 1.165) is 22.4 Å². The first kappa shape index (κ1) is 12.5. The molecule has 1 atom stereocenters. The molecule has 0 saturated heterocycles. The Morgan fingerprint density at radius 2 is 2.00 bits per heavy atom. The molecule has 0 aliphatic carbocycles. The van der Waals surface area contributed by atoms with Gasteiger partial charge in [-0.3, -0.25) is 0 Å². The second kappa shape index (κ2) is 5.14. The van der Waals surface area contributed by atoms with Gasteiger partial charge in [0.15, 0.2) is 0 Å². The first-order valence-corrected chi connectivity index (χ1v) is 5.72. The van der Waals surface area contributed by atoms with Crippen LogP contribution in [0.25, 0.3) is 0 Å². The molecule has 1 unspecified atom stereocenters. The molecule has 4 nitrogen and oxygen atoms in total. The van der Waals surface area contributed by atoms with Crippen LogP contribution in [0.4, 0.5) is 0 Å². The van der Waals surface area contributed by atoms with Gasteiger partial charge in [0.05, 0.1) is 12.8 Å². The Hall–Kier alpha value is -1.94. The number of rotatable bonds is 3. The van der Waals surface area contributed by atoms with Crippen LogP contribution in [0.15, 0.2) is 30.7 Å². The SMILES string of the molecule is COc1cc(C)c(C(O)c2ccncn2)cc1C. The van der Waals surface area contributed by atoms with Gasteiger partial charge >= 0.3 is 0 Å². The van der Waals surface area contributed by atoms with Crippen molar-refractivity contribution in [3.63, 3.8) is 0 Å². The standard InChI is InChI=1S/C14H16N2O2/c1-9-7-13(18-3)10(2)6-11(9)14(17)12-4-5-15-8-16-12/h4-8,14,17H,1-3H3. The molecule has 0 aliphatic heterocycles. The fourth-order valence-electron chi connectivity index (χ4n) is 1.95. The molecule has 0 aliphatic rings. The minimum absolute atomic E-state index is 0.595. The van der Waals surface area contributed by atoms with Crippen LogP contribution in [-0.4, -0.2) is 22.2 Å². The topological polar surface area (TPSA) is 55.2 Å². The van der Waals surface area contributed by atoms with Gasteiger partial charge in [-0.15, -0.1) is 0 Å². The predicted molar refractivity (Wildman–Crippen MR) is 68.6 cm³/mol. The van der Waals surface area contributed by atoms with Crippen molar-refractivity contribution in [2.24, 2.45) is 0 Å². The third kappa shape index (κ3) is 2.33. The molecule has 0 radical (unpaired) electrons. The molecule has 94 valence electrons. The number of methoxy groups -OCH3 is 1. The number of benzene rings is 1. The summed E-state index contributed by atoms with van der Waals surface area (Å²) in [5.41, 5.74) is 3.40. The van der Waals surface area contributed by atoms with E-state index in [-0.39, 0.29) is 0 Å². The lowest BCUT2D eigenvalue weighted by Crippen LogP contribution is -2.05. The molecule has 2 rings (SSSR count). The zero-order valence-corrected chi connectivity index (χ0v) is 10.7. The first-order chi connectivity index (χ1) is 8.63. The van der Waals surface area contributed by atoms with Crippen LogP contribution < -0.4 is 4.74 Å². The Labute approximate surface area is 106 Å². The van der Waals surface area contributed by atoms with Crippen LogP contribution in [-0.2, 0) is 0 Å². The lowest BCUT2D eigenvalue weighted by Gasteiger charge is -2.15. The van der Waals surface area contributed by atoms with Crippen LogP contribution in [0.3, 0.4) is 0 Å². The van der Waals surface area contributed by atoms with Gasteiger partial charge < -0.3 is 9.84 Å². The Balaban J connectivity index is 2.43. The summed E-state index contributed by atoms with van der Waals surface area (Å²) in [5, 5.41) is 10.3. The van der Waals surface area contributed by atoms with E-state index >= 15 is 0 Å². The molecule has 1 aromatic heterocycles. The van der Waals surface area contributed by atoms with Gasteiger partial charge in [-0.25, -0.2) is 9.97 Å². The molecule has 0 amide bonds. The Morgan fingerprint density at radius 3 is 2.61 bits per heavy atom. The summed E-state index contributed by atoms with van der Waals surface area (Å²) in [7, 11) is 1.64. The lowest BCUT2D eigenvalue weighted by molar-refractivity contribution is 0.214. The summed E-state index contributed by atoms with van der Waals surface area (Å²) in [6.45, 7) is 3.90. The van der Waals surface area contributed by atoms with Crippen LogP contribution >= 0.6 is 0 Å². The second-order valence-corrected chi connectivity index (χ2v) is 4.22. The second-order valence-electron chi connectivity index (χ2n) is 4.22. The molecule has 0 bridgehead atoms. The highest BCUT2D eigenvalue weighted by atomic mass is 16.5. The quantitative estimate of drug-likeness (QED) is 0.899. The van der Waals surface area contributed by atoms with Crippen LogP contribution in [0.2, 0.25) is 0 Å². The Kier molecular flexibility index (Phi) is 3.58. The van der Waals surface area contributed by atoms with Crippen molar-refractivity contribution in [2.75, 3.05) is 7.11 Å². The van der Waals surface area contributed by atoms with Gasteiger partial charge in [0.2, 0.25) is 0 Å². The minimum atomic E-state index is -0.738. The van der Waals surface area contributed by atoms with E-state index in [1.54, 1.807) is 19.4 Å². The van der Waals surface area contributed by atoms with E-state index in [4.69, 9.17) is 4.74 Å². The summed E-state index contributed by atoms with van der Waals surface area (Å²) < 4.78 is 5.26. The van der Waals surface area contributed by atoms with E-state index in [2.05, 4.69) is 9.97 Å². The van der Waals surface area contributed by atoms with Crippen molar-refractivity contribution < 1.29 is 9.84 Å². The number of aliphatic hydroxyl groups is 1. The number of nitrogens with zero attached hydrogens (tertiary/aromatic N) is 2. The fourth-order valence-corrected chi connectivity index (χ4v) is 1.95. The van der Waals surface area contributed by atoms with Crippen LogP contribution in [0, 0.1) is 13.8 Å². The van der Waals surface area contributed by atoms with Crippen molar-refractivity contribution in [3.8, 4) is 5.75 Å². The van der Waals surface area contributed by atoms with Crippen molar-refractivity contribution in [1.29, 1.82) is 0 Å². The van der Waals surface area contributed by atoms with E-state index in [1.807, 2.05) is 26.0 Å². The van der Waals surface area contributed by atoms with Crippen molar-refractivity contribution in [1.82, 2.24) is 9.97 Å². The maximum absolute atomic E-state index is 10.3. The Morgan fingerprint density at radius 1 is 1.22 bits per heavy atom. The monoisotopic (exact) mass is 244 g/mol. The van der Waals surface area contributed by atoms with Crippen molar-refractivity contribution in [2.45, 2.75) is 20.0 Å². The van der Waals surface area contributed by atoms with Gasteiger partial charge in [-0.05, 0) is 48.7 Å². The molecule has 18 heavy (non-hydrogen) atoms. The third-order valence-electron chi connectivity index (χ3n) is 2.96. The van der Waals surface area contributed by atoms with E-state index in [0.29, 0.717) is 5.69 Å². The third-order valence-corrected chi connectivity index (χ3v) is 2.96.